The number of hydrogen-bond donors (Lipinski definition) is 1. The van der Waals surface area contributed by atoms with Crippen LogP contribution in [-0.2, 0) is 14.3 Å². The van der Waals surface area contributed by atoms with Crippen LogP contribution in [0.3, 0.4) is 0 Å². The molecule has 0 aromatic carbocycles. The van der Waals surface area contributed by atoms with Crippen molar-refractivity contribution in [3.8, 4) is 0 Å². The van der Waals surface area contributed by atoms with Gasteiger partial charge < -0.3 is 14.8 Å². The fourth-order valence-corrected chi connectivity index (χ4v) is 3.38. The van der Waals surface area contributed by atoms with E-state index in [0.29, 0.717) is 6.61 Å². The highest BCUT2D eigenvalue weighted by molar-refractivity contribution is 5.81. The molecular formula is C17H31NO3. The Labute approximate surface area is 129 Å². The number of esters is 1. The molecule has 2 fully saturated rings. The van der Waals surface area contributed by atoms with E-state index in [0.717, 1.165) is 44.8 Å². The predicted molar refractivity (Wildman–Crippen MR) is 83.2 cm³/mol. The van der Waals surface area contributed by atoms with Crippen LogP contribution in [0.25, 0.3) is 0 Å². The molecule has 21 heavy (non-hydrogen) atoms. The van der Waals surface area contributed by atoms with Gasteiger partial charge in [-0.25, -0.2) is 0 Å². The lowest BCUT2D eigenvalue weighted by molar-refractivity contribution is -0.151. The van der Waals surface area contributed by atoms with E-state index in [2.05, 4.69) is 12.2 Å². The second-order valence-electron chi connectivity index (χ2n) is 6.55. The van der Waals surface area contributed by atoms with Crippen molar-refractivity contribution in [2.24, 2.45) is 5.92 Å². The van der Waals surface area contributed by atoms with Crippen LogP contribution in [0.5, 0.6) is 0 Å². The lowest BCUT2D eigenvalue weighted by Gasteiger charge is -2.28. The Morgan fingerprint density at radius 2 is 2.10 bits per heavy atom. The van der Waals surface area contributed by atoms with E-state index < -0.39 is 5.54 Å². The van der Waals surface area contributed by atoms with Crippen LogP contribution in [0.1, 0.15) is 65.2 Å². The Morgan fingerprint density at radius 1 is 1.29 bits per heavy atom. The van der Waals surface area contributed by atoms with Gasteiger partial charge in [0, 0.05) is 13.0 Å². The maximum atomic E-state index is 12.3. The first kappa shape index (κ1) is 16.8. The highest BCUT2D eigenvalue weighted by Gasteiger charge is 2.46. The number of carbonyl (C=O) groups excluding carboxylic acids is 1. The molecule has 0 bridgehead atoms. The molecule has 2 aliphatic carbocycles. The van der Waals surface area contributed by atoms with Gasteiger partial charge in [0.25, 0.3) is 0 Å². The molecule has 4 nitrogen and oxygen atoms in total. The lowest BCUT2D eigenvalue weighted by atomic mass is 9.83. The van der Waals surface area contributed by atoms with Gasteiger partial charge in [0.05, 0.1) is 12.7 Å². The molecule has 0 aromatic rings. The topological polar surface area (TPSA) is 47.6 Å². The second kappa shape index (κ2) is 8.14. The van der Waals surface area contributed by atoms with E-state index in [1.807, 2.05) is 6.92 Å². The monoisotopic (exact) mass is 297 g/mol. The molecule has 4 heteroatoms. The zero-order valence-electron chi connectivity index (χ0n) is 13.7. The molecule has 0 amide bonds. The van der Waals surface area contributed by atoms with Crippen molar-refractivity contribution in [1.82, 2.24) is 5.32 Å². The molecule has 2 saturated carbocycles. The van der Waals surface area contributed by atoms with E-state index in [1.165, 1.54) is 25.7 Å². The third kappa shape index (κ3) is 4.43. The van der Waals surface area contributed by atoms with Gasteiger partial charge in [-0.3, -0.25) is 4.79 Å². The molecule has 0 heterocycles. The Hall–Kier alpha value is -0.610. The minimum atomic E-state index is -0.507. The van der Waals surface area contributed by atoms with Crippen LogP contribution in [-0.4, -0.2) is 37.4 Å². The smallest absolute Gasteiger partial charge is 0.326 e. The molecule has 0 aromatic heterocycles. The number of rotatable bonds is 9. The number of ether oxygens (including phenoxy) is 2. The standard InChI is InChI=1S/C17H31NO3/c1-3-11-18-17(16(19)20-4-2)10-8-15(13-17)21-12-9-14-6-5-7-14/h14-15,18H,3-13H2,1-2H3. The summed E-state index contributed by atoms with van der Waals surface area (Å²) in [6.45, 7) is 6.14. The molecule has 0 saturated heterocycles. The van der Waals surface area contributed by atoms with Gasteiger partial charge >= 0.3 is 5.97 Å². The van der Waals surface area contributed by atoms with Crippen LogP contribution in [0.15, 0.2) is 0 Å². The first-order valence-corrected chi connectivity index (χ1v) is 8.74. The summed E-state index contributed by atoms with van der Waals surface area (Å²) < 4.78 is 11.3. The van der Waals surface area contributed by atoms with Gasteiger partial charge in [0.2, 0.25) is 0 Å². The summed E-state index contributed by atoms with van der Waals surface area (Å²) in [5, 5.41) is 3.43. The molecule has 2 atom stereocenters. The maximum Gasteiger partial charge on any atom is 0.326 e. The van der Waals surface area contributed by atoms with Gasteiger partial charge in [0.1, 0.15) is 5.54 Å². The van der Waals surface area contributed by atoms with Crippen molar-refractivity contribution in [1.29, 1.82) is 0 Å². The first-order chi connectivity index (χ1) is 10.2. The quantitative estimate of drug-likeness (QED) is 0.665. The lowest BCUT2D eigenvalue weighted by Crippen LogP contribution is -2.51. The number of carbonyl (C=O) groups is 1. The van der Waals surface area contributed by atoms with Crippen LogP contribution < -0.4 is 5.32 Å². The Balaban J connectivity index is 1.79. The first-order valence-electron chi connectivity index (χ1n) is 8.74. The van der Waals surface area contributed by atoms with Crippen LogP contribution >= 0.6 is 0 Å². The second-order valence-corrected chi connectivity index (χ2v) is 6.55. The van der Waals surface area contributed by atoms with Gasteiger partial charge in [0.15, 0.2) is 0 Å². The zero-order valence-corrected chi connectivity index (χ0v) is 13.7. The minimum Gasteiger partial charge on any atom is -0.465 e. The molecule has 122 valence electrons. The highest BCUT2D eigenvalue weighted by Crippen LogP contribution is 2.34. The van der Waals surface area contributed by atoms with Crippen molar-refractivity contribution in [3.63, 3.8) is 0 Å². The molecule has 0 radical (unpaired) electrons. The SMILES string of the molecule is CCCNC1(C(=O)OCC)CCC(OCCC2CCC2)C1. The molecule has 1 N–H and O–H groups in total. The molecule has 2 unspecified atom stereocenters. The summed E-state index contributed by atoms with van der Waals surface area (Å²) in [7, 11) is 0. The average Bonchev–Trinajstić information content (AvgIpc) is 2.84. The van der Waals surface area contributed by atoms with E-state index in [9.17, 15) is 4.79 Å². The molecule has 0 aliphatic heterocycles. The van der Waals surface area contributed by atoms with Crippen molar-refractivity contribution >= 4 is 5.97 Å². The highest BCUT2D eigenvalue weighted by atomic mass is 16.5. The van der Waals surface area contributed by atoms with Crippen molar-refractivity contribution < 1.29 is 14.3 Å². The van der Waals surface area contributed by atoms with Crippen LogP contribution in [0, 0.1) is 5.92 Å². The maximum absolute atomic E-state index is 12.3. The number of hydrogen-bond acceptors (Lipinski definition) is 4. The molecule has 2 aliphatic rings. The summed E-state index contributed by atoms with van der Waals surface area (Å²) in [6, 6.07) is 0. The van der Waals surface area contributed by atoms with Crippen LogP contribution in [0.4, 0.5) is 0 Å². The summed E-state index contributed by atoms with van der Waals surface area (Å²) in [4.78, 5) is 12.3. The summed E-state index contributed by atoms with van der Waals surface area (Å²) >= 11 is 0. The zero-order chi connectivity index (χ0) is 15.1. The van der Waals surface area contributed by atoms with Gasteiger partial charge in [-0.1, -0.05) is 26.2 Å². The number of nitrogens with one attached hydrogen (secondary N) is 1. The molecule has 0 spiro atoms. The van der Waals surface area contributed by atoms with Gasteiger partial charge in [-0.05, 0) is 45.1 Å². The Kier molecular flexibility index (Phi) is 6.49. The molecular weight excluding hydrogens is 266 g/mol. The van der Waals surface area contributed by atoms with Crippen molar-refractivity contribution in [2.45, 2.75) is 76.9 Å². The van der Waals surface area contributed by atoms with Gasteiger partial charge in [-0.2, -0.15) is 0 Å². The summed E-state index contributed by atoms with van der Waals surface area (Å²) in [6.07, 6.45) is 9.11. The van der Waals surface area contributed by atoms with Crippen molar-refractivity contribution in [3.05, 3.63) is 0 Å². The Morgan fingerprint density at radius 3 is 2.71 bits per heavy atom. The average molecular weight is 297 g/mol. The fraction of sp³-hybridized carbons (Fsp3) is 0.941. The van der Waals surface area contributed by atoms with E-state index >= 15 is 0 Å². The Bertz CT molecular complexity index is 330. The molecule has 2 rings (SSSR count). The third-order valence-corrected chi connectivity index (χ3v) is 4.95. The van der Waals surface area contributed by atoms with E-state index in [4.69, 9.17) is 9.47 Å². The summed E-state index contributed by atoms with van der Waals surface area (Å²) in [5.74, 6) is 0.794. The van der Waals surface area contributed by atoms with Gasteiger partial charge in [-0.15, -0.1) is 0 Å². The third-order valence-electron chi connectivity index (χ3n) is 4.95. The largest absolute Gasteiger partial charge is 0.465 e. The van der Waals surface area contributed by atoms with E-state index in [1.54, 1.807) is 0 Å². The van der Waals surface area contributed by atoms with Crippen LogP contribution in [0.2, 0.25) is 0 Å². The fourth-order valence-electron chi connectivity index (χ4n) is 3.38. The van der Waals surface area contributed by atoms with E-state index in [-0.39, 0.29) is 12.1 Å². The predicted octanol–water partition coefficient (Wildman–Crippen LogP) is 3.05. The normalized spacial score (nSPS) is 29.3. The summed E-state index contributed by atoms with van der Waals surface area (Å²) in [5.41, 5.74) is -0.507. The minimum absolute atomic E-state index is 0.0939. The van der Waals surface area contributed by atoms with Crippen molar-refractivity contribution in [2.75, 3.05) is 19.8 Å².